The molecule has 0 aromatic carbocycles. The molecule has 5 nitrogen and oxygen atoms in total. The fourth-order valence-electron chi connectivity index (χ4n) is 1.60. The minimum Gasteiger partial charge on any atom is -0.465 e. The molecule has 0 aliphatic carbocycles. The Morgan fingerprint density at radius 2 is 2.33 bits per heavy atom. The number of piperidine rings is 1. The number of hydrogen-bond acceptors (Lipinski definition) is 3. The van der Waals surface area contributed by atoms with Crippen molar-refractivity contribution in [3.8, 4) is 0 Å². The van der Waals surface area contributed by atoms with Crippen molar-refractivity contribution in [1.29, 1.82) is 0 Å². The van der Waals surface area contributed by atoms with E-state index in [4.69, 9.17) is 15.6 Å². The van der Waals surface area contributed by atoms with E-state index in [-0.39, 0.29) is 12.1 Å². The third-order valence-corrected chi connectivity index (χ3v) is 2.52. The van der Waals surface area contributed by atoms with Crippen molar-refractivity contribution in [2.24, 2.45) is 11.7 Å². The second kappa shape index (κ2) is 5.32. The summed E-state index contributed by atoms with van der Waals surface area (Å²) < 4.78 is 5.61. The maximum atomic E-state index is 10.8. The predicted octanol–water partition coefficient (Wildman–Crippen LogP) is 0.739. The lowest BCUT2D eigenvalue weighted by atomic mass is 10.0. The highest BCUT2D eigenvalue weighted by atomic mass is 16.5. The third kappa shape index (κ3) is 3.68. The first-order valence-electron chi connectivity index (χ1n) is 5.35. The Balaban J connectivity index is 2.42. The maximum Gasteiger partial charge on any atom is 0.407 e. The number of amides is 1. The van der Waals surface area contributed by atoms with Crippen molar-refractivity contribution in [3.63, 3.8) is 0 Å². The molecule has 1 fully saturated rings. The van der Waals surface area contributed by atoms with E-state index in [0.717, 1.165) is 0 Å². The van der Waals surface area contributed by atoms with Crippen LogP contribution in [-0.2, 0) is 4.74 Å². The molecule has 3 N–H and O–H groups in total. The van der Waals surface area contributed by atoms with Gasteiger partial charge in [-0.05, 0) is 12.3 Å². The predicted molar refractivity (Wildman–Crippen MR) is 56.8 cm³/mol. The Labute approximate surface area is 90.2 Å². The molecule has 1 aliphatic heterocycles. The smallest absolute Gasteiger partial charge is 0.407 e. The zero-order valence-electron chi connectivity index (χ0n) is 9.35. The average molecular weight is 216 g/mol. The van der Waals surface area contributed by atoms with Gasteiger partial charge >= 0.3 is 6.09 Å². The number of nitrogens with two attached hydrogens (primary N) is 1. The number of hydrogen-bond donors (Lipinski definition) is 2. The number of ether oxygens (including phenoxy) is 1. The molecule has 15 heavy (non-hydrogen) atoms. The molecule has 0 radical (unpaired) electrons. The Morgan fingerprint density at radius 1 is 1.67 bits per heavy atom. The van der Waals surface area contributed by atoms with Gasteiger partial charge in [-0.1, -0.05) is 13.8 Å². The SMILES string of the molecule is CC(C)CO[C@H]1CN(C(=O)O)CC[C@H]1N. The minimum absolute atomic E-state index is 0.0423. The summed E-state index contributed by atoms with van der Waals surface area (Å²) in [6.07, 6.45) is -0.369. The van der Waals surface area contributed by atoms with Crippen LogP contribution in [0.3, 0.4) is 0 Å². The topological polar surface area (TPSA) is 75.8 Å². The molecule has 5 heteroatoms. The van der Waals surface area contributed by atoms with E-state index in [9.17, 15) is 4.79 Å². The maximum absolute atomic E-state index is 10.8. The van der Waals surface area contributed by atoms with Gasteiger partial charge in [0.25, 0.3) is 0 Å². The molecule has 1 rings (SSSR count). The molecule has 0 bridgehead atoms. The summed E-state index contributed by atoms with van der Waals surface area (Å²) in [7, 11) is 0. The zero-order valence-corrected chi connectivity index (χ0v) is 9.35. The van der Waals surface area contributed by atoms with Crippen molar-refractivity contribution in [2.45, 2.75) is 32.4 Å². The number of carbonyl (C=O) groups is 1. The molecule has 1 heterocycles. The first-order valence-corrected chi connectivity index (χ1v) is 5.35. The number of carboxylic acid groups (broad SMARTS) is 1. The van der Waals surface area contributed by atoms with Crippen molar-refractivity contribution >= 4 is 6.09 Å². The van der Waals surface area contributed by atoms with Gasteiger partial charge in [-0.3, -0.25) is 0 Å². The van der Waals surface area contributed by atoms with Crippen LogP contribution in [0.15, 0.2) is 0 Å². The van der Waals surface area contributed by atoms with E-state index in [2.05, 4.69) is 13.8 Å². The molecule has 2 atom stereocenters. The third-order valence-electron chi connectivity index (χ3n) is 2.52. The quantitative estimate of drug-likeness (QED) is 0.729. The zero-order chi connectivity index (χ0) is 11.4. The summed E-state index contributed by atoms with van der Waals surface area (Å²) in [4.78, 5) is 12.1. The van der Waals surface area contributed by atoms with Crippen LogP contribution < -0.4 is 5.73 Å². The Kier molecular flexibility index (Phi) is 4.35. The van der Waals surface area contributed by atoms with Gasteiger partial charge in [0.05, 0.1) is 12.6 Å². The Morgan fingerprint density at radius 3 is 2.87 bits per heavy atom. The van der Waals surface area contributed by atoms with E-state index in [0.29, 0.717) is 32.0 Å². The Bertz CT molecular complexity index is 221. The molecule has 0 unspecified atom stereocenters. The monoisotopic (exact) mass is 216 g/mol. The van der Waals surface area contributed by atoms with Crippen molar-refractivity contribution in [3.05, 3.63) is 0 Å². The van der Waals surface area contributed by atoms with E-state index in [1.807, 2.05) is 0 Å². The average Bonchev–Trinajstić information content (AvgIpc) is 2.16. The lowest BCUT2D eigenvalue weighted by molar-refractivity contribution is -0.0191. The molecule has 1 saturated heterocycles. The first kappa shape index (κ1) is 12.3. The summed E-state index contributed by atoms with van der Waals surface area (Å²) in [6.45, 7) is 5.65. The van der Waals surface area contributed by atoms with Crippen LogP contribution in [0.2, 0.25) is 0 Å². The van der Waals surface area contributed by atoms with Crippen LogP contribution in [0.1, 0.15) is 20.3 Å². The standard InChI is InChI=1S/C10H20N2O3/c1-7(2)6-15-9-5-12(10(13)14)4-3-8(9)11/h7-9H,3-6,11H2,1-2H3,(H,13,14)/t8-,9+/m1/s1. The summed E-state index contributed by atoms with van der Waals surface area (Å²) >= 11 is 0. The van der Waals surface area contributed by atoms with Gasteiger partial charge < -0.3 is 20.5 Å². The van der Waals surface area contributed by atoms with Crippen molar-refractivity contribution in [1.82, 2.24) is 4.90 Å². The molecule has 1 aliphatic rings. The van der Waals surface area contributed by atoms with Crippen LogP contribution in [-0.4, -0.2) is 47.9 Å². The summed E-state index contributed by atoms with van der Waals surface area (Å²) in [5.74, 6) is 0.442. The van der Waals surface area contributed by atoms with Crippen LogP contribution >= 0.6 is 0 Å². The van der Waals surface area contributed by atoms with E-state index < -0.39 is 6.09 Å². The first-order chi connectivity index (χ1) is 7.00. The second-order valence-electron chi connectivity index (χ2n) is 4.45. The van der Waals surface area contributed by atoms with Gasteiger partial charge in [0.1, 0.15) is 0 Å². The number of likely N-dealkylation sites (tertiary alicyclic amines) is 1. The molecule has 0 aromatic heterocycles. The molecule has 88 valence electrons. The highest BCUT2D eigenvalue weighted by molar-refractivity contribution is 5.65. The van der Waals surface area contributed by atoms with Gasteiger partial charge in [0, 0.05) is 19.2 Å². The van der Waals surface area contributed by atoms with Crippen molar-refractivity contribution in [2.75, 3.05) is 19.7 Å². The molecule has 1 amide bonds. The van der Waals surface area contributed by atoms with Crippen LogP contribution in [0.4, 0.5) is 4.79 Å². The van der Waals surface area contributed by atoms with E-state index >= 15 is 0 Å². The summed E-state index contributed by atoms with van der Waals surface area (Å²) in [5.41, 5.74) is 5.88. The fraction of sp³-hybridized carbons (Fsp3) is 0.900. The van der Waals surface area contributed by atoms with Crippen LogP contribution in [0, 0.1) is 5.92 Å². The molecular formula is C10H20N2O3. The van der Waals surface area contributed by atoms with Gasteiger partial charge in [-0.2, -0.15) is 0 Å². The van der Waals surface area contributed by atoms with Gasteiger partial charge in [0.2, 0.25) is 0 Å². The normalized spacial score (nSPS) is 27.1. The number of rotatable bonds is 3. The largest absolute Gasteiger partial charge is 0.465 e. The minimum atomic E-state index is -0.889. The molecular weight excluding hydrogens is 196 g/mol. The van der Waals surface area contributed by atoms with Crippen LogP contribution in [0.5, 0.6) is 0 Å². The van der Waals surface area contributed by atoms with E-state index in [1.54, 1.807) is 0 Å². The molecule has 0 spiro atoms. The number of nitrogens with zero attached hydrogens (tertiary/aromatic N) is 1. The van der Waals surface area contributed by atoms with Crippen LogP contribution in [0.25, 0.3) is 0 Å². The highest BCUT2D eigenvalue weighted by Crippen LogP contribution is 2.13. The summed E-state index contributed by atoms with van der Waals surface area (Å²) in [5, 5.41) is 8.85. The van der Waals surface area contributed by atoms with Gasteiger partial charge in [0.15, 0.2) is 0 Å². The fourth-order valence-corrected chi connectivity index (χ4v) is 1.60. The Hall–Kier alpha value is -0.810. The lowest BCUT2D eigenvalue weighted by Gasteiger charge is -2.35. The van der Waals surface area contributed by atoms with Gasteiger partial charge in [-0.25, -0.2) is 4.79 Å². The summed E-state index contributed by atoms with van der Waals surface area (Å²) in [6, 6.07) is -0.0423. The molecule has 0 aromatic rings. The second-order valence-corrected chi connectivity index (χ2v) is 4.45. The van der Waals surface area contributed by atoms with Crippen molar-refractivity contribution < 1.29 is 14.6 Å². The highest BCUT2D eigenvalue weighted by Gasteiger charge is 2.29. The van der Waals surface area contributed by atoms with Gasteiger partial charge in [-0.15, -0.1) is 0 Å². The molecule has 0 saturated carbocycles. The lowest BCUT2D eigenvalue weighted by Crippen LogP contribution is -2.53. The van der Waals surface area contributed by atoms with E-state index in [1.165, 1.54) is 4.90 Å².